The molecule has 0 unspecified atom stereocenters. The summed E-state index contributed by atoms with van der Waals surface area (Å²) in [7, 11) is 0. The van der Waals surface area contributed by atoms with Gasteiger partial charge in [-0.05, 0) is 121 Å². The van der Waals surface area contributed by atoms with Gasteiger partial charge in [0.25, 0.3) is 0 Å². The summed E-state index contributed by atoms with van der Waals surface area (Å²) in [5.74, 6) is 0. The molecule has 0 saturated heterocycles. The van der Waals surface area contributed by atoms with Crippen LogP contribution in [0.15, 0.2) is 194 Å². The van der Waals surface area contributed by atoms with Crippen LogP contribution in [-0.4, -0.2) is 0 Å². The molecule has 240 valence electrons. The molecule has 0 bridgehead atoms. The van der Waals surface area contributed by atoms with Gasteiger partial charge in [-0.1, -0.05) is 182 Å². The molecule has 0 nitrogen and oxygen atoms in total. The fraction of sp³-hybridized carbons (Fsp3) is 0. The molecule has 11 aromatic rings. The third-order valence-electron chi connectivity index (χ3n) is 11.2. The first-order valence-electron chi connectivity index (χ1n) is 18.1. The molecule has 52 heavy (non-hydrogen) atoms. The highest BCUT2D eigenvalue weighted by Crippen LogP contribution is 2.48. The van der Waals surface area contributed by atoms with Gasteiger partial charge in [0.1, 0.15) is 0 Å². The third kappa shape index (κ3) is 4.28. The Morgan fingerprint density at radius 3 is 1.31 bits per heavy atom. The normalized spacial score (nSPS) is 11.8. The number of rotatable bonds is 4. The predicted molar refractivity (Wildman–Crippen MR) is 224 cm³/mol. The lowest BCUT2D eigenvalue weighted by atomic mass is 9.82. The van der Waals surface area contributed by atoms with Crippen LogP contribution in [-0.2, 0) is 0 Å². The summed E-state index contributed by atoms with van der Waals surface area (Å²) in [4.78, 5) is 0. The Kier molecular flexibility index (Phi) is 6.35. The lowest BCUT2D eigenvalue weighted by Gasteiger charge is -2.21. The number of benzene rings is 11. The van der Waals surface area contributed by atoms with Crippen molar-refractivity contribution in [3.05, 3.63) is 194 Å². The Balaban J connectivity index is 1.22. The molecule has 0 aliphatic rings. The van der Waals surface area contributed by atoms with Gasteiger partial charge in [-0.15, -0.1) is 0 Å². The van der Waals surface area contributed by atoms with Crippen LogP contribution in [0.3, 0.4) is 0 Å². The van der Waals surface area contributed by atoms with Gasteiger partial charge in [0.2, 0.25) is 0 Å². The van der Waals surface area contributed by atoms with E-state index in [0.717, 1.165) is 0 Å². The van der Waals surface area contributed by atoms with E-state index in [1.54, 1.807) is 0 Å². The molecule has 0 heterocycles. The minimum absolute atomic E-state index is 1.23. The molecule has 0 spiro atoms. The van der Waals surface area contributed by atoms with Gasteiger partial charge in [0.15, 0.2) is 0 Å². The van der Waals surface area contributed by atoms with Crippen molar-refractivity contribution in [2.45, 2.75) is 0 Å². The van der Waals surface area contributed by atoms with Crippen LogP contribution < -0.4 is 0 Å². The van der Waals surface area contributed by atoms with Crippen LogP contribution >= 0.6 is 0 Å². The maximum atomic E-state index is 2.39. The predicted octanol–water partition coefficient (Wildman–Crippen LogP) is 14.7. The fourth-order valence-corrected chi connectivity index (χ4v) is 8.90. The first kappa shape index (κ1) is 29.0. The summed E-state index contributed by atoms with van der Waals surface area (Å²) in [6.07, 6.45) is 0. The third-order valence-corrected chi connectivity index (χ3v) is 11.2. The van der Waals surface area contributed by atoms with E-state index in [9.17, 15) is 0 Å². The molecule has 0 saturated carbocycles. The Morgan fingerprint density at radius 2 is 0.654 bits per heavy atom. The zero-order valence-corrected chi connectivity index (χ0v) is 28.5. The molecule has 0 fully saturated rings. The van der Waals surface area contributed by atoms with Crippen molar-refractivity contribution >= 4 is 64.6 Å². The van der Waals surface area contributed by atoms with Crippen molar-refractivity contribution in [1.29, 1.82) is 0 Å². The average molecular weight is 657 g/mol. The molecule has 0 aromatic heterocycles. The number of hydrogen-bond acceptors (Lipinski definition) is 0. The largest absolute Gasteiger partial charge is 0.0622 e. The van der Waals surface area contributed by atoms with E-state index in [-0.39, 0.29) is 0 Å². The number of fused-ring (bicyclic) bond motifs is 4. The molecule has 11 rings (SSSR count). The van der Waals surface area contributed by atoms with Crippen LogP contribution in [0.25, 0.3) is 109 Å². The summed E-state index contributed by atoms with van der Waals surface area (Å²) in [5, 5.41) is 15.5. The van der Waals surface area contributed by atoms with E-state index in [2.05, 4.69) is 194 Å². The molecule has 11 aromatic carbocycles. The smallest absolute Gasteiger partial charge is 0.00201 e. The maximum absolute atomic E-state index is 2.39. The van der Waals surface area contributed by atoms with Crippen LogP contribution in [0.5, 0.6) is 0 Å². The average Bonchev–Trinajstić information content (AvgIpc) is 3.22. The molecule has 0 atom stereocenters. The summed E-state index contributed by atoms with van der Waals surface area (Å²) in [5.41, 5.74) is 10.1. The SMILES string of the molecule is c1ccc(-c2cc3ccccc3cc2-c2ccc3c4cccc5c(-c6c(-c7ccccc7)ccc7ccccc67)ccc(c6cccc2c36)c54)cc1. The Bertz CT molecular complexity index is 3130. The summed E-state index contributed by atoms with van der Waals surface area (Å²) in [6.45, 7) is 0. The van der Waals surface area contributed by atoms with E-state index < -0.39 is 0 Å². The lowest BCUT2D eigenvalue weighted by molar-refractivity contribution is 1.62. The zero-order valence-electron chi connectivity index (χ0n) is 28.5. The van der Waals surface area contributed by atoms with E-state index in [1.807, 2.05) is 0 Å². The van der Waals surface area contributed by atoms with Gasteiger partial charge in [-0.3, -0.25) is 0 Å². The summed E-state index contributed by atoms with van der Waals surface area (Å²) >= 11 is 0. The van der Waals surface area contributed by atoms with E-state index in [1.165, 1.54) is 109 Å². The van der Waals surface area contributed by atoms with Gasteiger partial charge >= 0.3 is 0 Å². The number of hydrogen-bond donors (Lipinski definition) is 0. The topological polar surface area (TPSA) is 0 Å². The molecule has 0 heteroatoms. The van der Waals surface area contributed by atoms with Crippen LogP contribution in [0.2, 0.25) is 0 Å². The highest BCUT2D eigenvalue weighted by atomic mass is 14.2. The van der Waals surface area contributed by atoms with Gasteiger partial charge < -0.3 is 0 Å². The van der Waals surface area contributed by atoms with Gasteiger partial charge in [-0.2, -0.15) is 0 Å². The van der Waals surface area contributed by atoms with Crippen molar-refractivity contribution in [1.82, 2.24) is 0 Å². The van der Waals surface area contributed by atoms with Crippen LogP contribution in [0, 0.1) is 0 Å². The van der Waals surface area contributed by atoms with Crippen molar-refractivity contribution in [3.8, 4) is 44.5 Å². The second-order valence-electron chi connectivity index (χ2n) is 14.0. The fourth-order valence-electron chi connectivity index (χ4n) is 8.90. The minimum Gasteiger partial charge on any atom is -0.0622 e. The molecule has 0 radical (unpaired) electrons. The molecule has 0 N–H and O–H groups in total. The van der Waals surface area contributed by atoms with E-state index >= 15 is 0 Å². The maximum Gasteiger partial charge on any atom is -0.00201 e. The highest BCUT2D eigenvalue weighted by molar-refractivity contribution is 6.35. The second kappa shape index (κ2) is 11.4. The van der Waals surface area contributed by atoms with Gasteiger partial charge in [0, 0.05) is 0 Å². The summed E-state index contributed by atoms with van der Waals surface area (Å²) < 4.78 is 0. The Labute approximate surface area is 302 Å². The van der Waals surface area contributed by atoms with Crippen LogP contribution in [0.1, 0.15) is 0 Å². The molecular formula is C52H32. The molecule has 0 amide bonds. The first-order valence-corrected chi connectivity index (χ1v) is 18.1. The standard InChI is InChI=1S/C52H32/c1-3-13-33(14-4-1)39-26-25-35-17-9-10-20-38(35)50(39)45-29-30-47-43-22-11-21-41-40(27-28-46(51(41)43)44-24-12-23-42(45)52(44)47)49-32-37-19-8-7-18-36(37)31-48(49)34-15-5-2-6-16-34/h1-32H. The Hall–Kier alpha value is -6.76. The van der Waals surface area contributed by atoms with Gasteiger partial charge in [-0.25, -0.2) is 0 Å². The second-order valence-corrected chi connectivity index (χ2v) is 14.0. The first-order chi connectivity index (χ1) is 25.8. The van der Waals surface area contributed by atoms with E-state index in [4.69, 9.17) is 0 Å². The van der Waals surface area contributed by atoms with Gasteiger partial charge in [0.05, 0.1) is 0 Å². The Morgan fingerprint density at radius 1 is 0.212 bits per heavy atom. The van der Waals surface area contributed by atoms with Crippen molar-refractivity contribution in [2.75, 3.05) is 0 Å². The van der Waals surface area contributed by atoms with Crippen molar-refractivity contribution in [2.24, 2.45) is 0 Å². The lowest BCUT2D eigenvalue weighted by Crippen LogP contribution is -1.93. The summed E-state index contributed by atoms with van der Waals surface area (Å²) in [6, 6.07) is 71.8. The molecule has 0 aliphatic carbocycles. The van der Waals surface area contributed by atoms with Crippen molar-refractivity contribution in [3.63, 3.8) is 0 Å². The highest BCUT2D eigenvalue weighted by Gasteiger charge is 2.21. The van der Waals surface area contributed by atoms with Crippen molar-refractivity contribution < 1.29 is 0 Å². The van der Waals surface area contributed by atoms with E-state index in [0.29, 0.717) is 0 Å². The molecular weight excluding hydrogens is 625 g/mol. The molecule has 0 aliphatic heterocycles. The monoisotopic (exact) mass is 656 g/mol. The minimum atomic E-state index is 1.23. The zero-order chi connectivity index (χ0) is 34.2. The van der Waals surface area contributed by atoms with Crippen LogP contribution in [0.4, 0.5) is 0 Å². The quantitative estimate of drug-likeness (QED) is 0.131.